The molecule has 0 amide bonds. The molecular formula is C44H32O2S6. The number of esters is 1. The number of hydrogen-bond acceptors (Lipinski definition) is 8. The van der Waals surface area contributed by atoms with Crippen molar-refractivity contribution in [2.75, 3.05) is 23.9 Å². The molecule has 0 saturated heterocycles. The van der Waals surface area contributed by atoms with Gasteiger partial charge in [0, 0.05) is 104 Å². The second-order valence-corrected chi connectivity index (χ2v) is 19.1. The Labute approximate surface area is 326 Å². The molecular weight excluding hydrogens is 753 g/mol. The van der Waals surface area contributed by atoms with Gasteiger partial charge < -0.3 is 4.74 Å². The minimum Gasteiger partial charge on any atom is -0.462 e. The Morgan fingerprint density at radius 2 is 0.865 bits per heavy atom. The quantitative estimate of drug-likeness (QED) is 0.0698. The van der Waals surface area contributed by atoms with Crippen LogP contribution in [0.15, 0.2) is 155 Å². The first-order chi connectivity index (χ1) is 25.6. The van der Waals surface area contributed by atoms with Crippen molar-refractivity contribution in [3.05, 3.63) is 140 Å². The molecule has 0 unspecified atom stereocenters. The standard InChI is InChI=1S/C44H32O2S6/c1-2-40(45)46-24-44(25-47-37-21-9-15-31-28-12-3-6-18-34(28)50-41(31)37,26-48-38-22-10-16-32-29-13-4-7-19-35(29)51-42(32)38)27-49-39-23-11-17-33-30-14-5-8-20-36(30)52-43(33)39/h2-23H,1,24-27H2. The van der Waals surface area contributed by atoms with Crippen molar-refractivity contribution >= 4 is 136 Å². The number of thioether (sulfide) groups is 3. The highest BCUT2D eigenvalue weighted by molar-refractivity contribution is 8.01. The number of thiophene rings is 3. The van der Waals surface area contributed by atoms with Gasteiger partial charge in [-0.3, -0.25) is 0 Å². The Hall–Kier alpha value is -3.76. The molecule has 0 fully saturated rings. The molecule has 0 N–H and O–H groups in total. The summed E-state index contributed by atoms with van der Waals surface area (Å²) in [6.07, 6.45) is 1.28. The Bertz CT molecular complexity index is 2490. The number of benzene rings is 6. The number of hydrogen-bond donors (Lipinski definition) is 0. The molecule has 9 aromatic rings. The van der Waals surface area contributed by atoms with Gasteiger partial charge in [-0.15, -0.1) is 69.3 Å². The van der Waals surface area contributed by atoms with Gasteiger partial charge >= 0.3 is 5.97 Å². The van der Waals surface area contributed by atoms with Gasteiger partial charge in [0.15, 0.2) is 0 Å². The first-order valence-electron chi connectivity index (χ1n) is 17.0. The molecule has 0 spiro atoms. The molecule has 52 heavy (non-hydrogen) atoms. The largest absolute Gasteiger partial charge is 0.462 e. The van der Waals surface area contributed by atoms with Crippen molar-refractivity contribution in [2.45, 2.75) is 14.7 Å². The lowest BCUT2D eigenvalue weighted by molar-refractivity contribution is -0.140. The first kappa shape index (κ1) is 34.0. The van der Waals surface area contributed by atoms with E-state index >= 15 is 0 Å². The van der Waals surface area contributed by atoms with Crippen molar-refractivity contribution in [3.8, 4) is 0 Å². The van der Waals surface area contributed by atoms with Gasteiger partial charge in [0.1, 0.15) is 0 Å². The minimum atomic E-state index is -0.380. The fraction of sp³-hybridized carbons (Fsp3) is 0.114. The van der Waals surface area contributed by atoms with Crippen LogP contribution in [0.2, 0.25) is 0 Å². The zero-order valence-corrected chi connectivity index (χ0v) is 32.9. The van der Waals surface area contributed by atoms with Crippen LogP contribution >= 0.6 is 69.3 Å². The Kier molecular flexibility index (Phi) is 9.54. The van der Waals surface area contributed by atoms with Crippen molar-refractivity contribution < 1.29 is 9.53 Å². The summed E-state index contributed by atoms with van der Waals surface area (Å²) in [7, 11) is 0. The molecule has 0 saturated carbocycles. The van der Waals surface area contributed by atoms with Gasteiger partial charge in [-0.05, 0) is 36.4 Å². The molecule has 6 aromatic carbocycles. The molecule has 8 heteroatoms. The van der Waals surface area contributed by atoms with Crippen LogP contribution in [0.4, 0.5) is 0 Å². The fourth-order valence-electron chi connectivity index (χ4n) is 6.73. The third-order valence-corrected chi connectivity index (χ3v) is 17.7. The fourth-order valence-corrected chi connectivity index (χ4v) is 14.9. The van der Waals surface area contributed by atoms with Crippen LogP contribution in [0.1, 0.15) is 0 Å². The molecule has 0 atom stereocenters. The Morgan fingerprint density at radius 3 is 1.23 bits per heavy atom. The molecule has 3 aromatic heterocycles. The molecule has 0 radical (unpaired) electrons. The van der Waals surface area contributed by atoms with Crippen molar-refractivity contribution in [2.24, 2.45) is 5.41 Å². The van der Waals surface area contributed by atoms with E-state index in [0.717, 1.165) is 17.3 Å². The average molecular weight is 785 g/mol. The molecule has 256 valence electrons. The summed E-state index contributed by atoms with van der Waals surface area (Å²) in [5.74, 6) is 1.98. The molecule has 2 nitrogen and oxygen atoms in total. The van der Waals surface area contributed by atoms with Crippen LogP contribution < -0.4 is 0 Å². The van der Waals surface area contributed by atoms with Gasteiger partial charge in [-0.2, -0.15) is 0 Å². The van der Waals surface area contributed by atoms with Gasteiger partial charge in [0.25, 0.3) is 0 Å². The van der Waals surface area contributed by atoms with Gasteiger partial charge in [-0.1, -0.05) is 97.6 Å². The van der Waals surface area contributed by atoms with Crippen molar-refractivity contribution in [1.82, 2.24) is 0 Å². The maximum absolute atomic E-state index is 12.7. The summed E-state index contributed by atoms with van der Waals surface area (Å²) < 4.78 is 13.9. The molecule has 0 aliphatic carbocycles. The number of ether oxygens (including phenoxy) is 1. The number of carbonyl (C=O) groups is 1. The van der Waals surface area contributed by atoms with E-state index in [1.807, 2.05) is 69.3 Å². The van der Waals surface area contributed by atoms with Crippen LogP contribution in [0.5, 0.6) is 0 Å². The normalized spacial score (nSPS) is 12.2. The zero-order chi connectivity index (χ0) is 35.1. The van der Waals surface area contributed by atoms with E-state index in [-0.39, 0.29) is 11.4 Å². The van der Waals surface area contributed by atoms with E-state index in [0.29, 0.717) is 6.61 Å². The third kappa shape index (κ3) is 6.44. The smallest absolute Gasteiger partial charge is 0.330 e. The Morgan fingerprint density at radius 1 is 0.519 bits per heavy atom. The summed E-state index contributed by atoms with van der Waals surface area (Å²) >= 11 is 11.2. The van der Waals surface area contributed by atoms with E-state index in [1.165, 1.54) is 81.3 Å². The van der Waals surface area contributed by atoms with Crippen molar-refractivity contribution in [1.29, 1.82) is 0 Å². The van der Waals surface area contributed by atoms with Gasteiger partial charge in [0.2, 0.25) is 0 Å². The van der Waals surface area contributed by atoms with E-state index in [1.54, 1.807) is 0 Å². The molecule has 0 aliphatic heterocycles. The first-order valence-corrected chi connectivity index (χ1v) is 22.4. The number of fused-ring (bicyclic) bond motifs is 9. The Balaban J connectivity index is 1.11. The summed E-state index contributed by atoms with van der Waals surface area (Å²) in [5.41, 5.74) is -0.366. The highest BCUT2D eigenvalue weighted by Gasteiger charge is 2.34. The zero-order valence-electron chi connectivity index (χ0n) is 28.0. The highest BCUT2D eigenvalue weighted by Crippen LogP contribution is 2.47. The summed E-state index contributed by atoms with van der Waals surface area (Å²) in [5, 5.41) is 7.79. The minimum absolute atomic E-state index is 0.304. The number of rotatable bonds is 12. The lowest BCUT2D eigenvalue weighted by atomic mass is 9.97. The lowest BCUT2D eigenvalue weighted by Crippen LogP contribution is -2.36. The molecule has 3 heterocycles. The van der Waals surface area contributed by atoms with Crippen molar-refractivity contribution in [3.63, 3.8) is 0 Å². The van der Waals surface area contributed by atoms with Crippen LogP contribution in [-0.2, 0) is 9.53 Å². The van der Waals surface area contributed by atoms with E-state index in [9.17, 15) is 4.79 Å². The van der Waals surface area contributed by atoms with Gasteiger partial charge in [0.05, 0.1) is 6.61 Å². The average Bonchev–Trinajstić information content (AvgIpc) is 3.89. The monoisotopic (exact) mass is 784 g/mol. The topological polar surface area (TPSA) is 26.3 Å². The summed E-state index contributed by atoms with van der Waals surface area (Å²) in [6.45, 7) is 4.02. The molecule has 0 bridgehead atoms. The summed E-state index contributed by atoms with van der Waals surface area (Å²) in [4.78, 5) is 16.6. The van der Waals surface area contributed by atoms with E-state index in [2.05, 4.69) is 134 Å². The maximum Gasteiger partial charge on any atom is 0.330 e. The van der Waals surface area contributed by atoms with Crippen LogP contribution in [0.3, 0.4) is 0 Å². The maximum atomic E-state index is 12.7. The number of carbonyl (C=O) groups excluding carboxylic acids is 1. The SMILES string of the molecule is C=CC(=O)OCC(CSc1cccc2c1sc1ccccc12)(CSc1cccc2c1sc1ccccc12)CSc1cccc2c1sc1ccccc12. The second kappa shape index (κ2) is 14.6. The van der Waals surface area contributed by atoms with Crippen LogP contribution in [0.25, 0.3) is 60.5 Å². The molecule has 9 rings (SSSR count). The van der Waals surface area contributed by atoms with E-state index < -0.39 is 0 Å². The molecule has 0 aliphatic rings. The highest BCUT2D eigenvalue weighted by atomic mass is 32.2. The van der Waals surface area contributed by atoms with Crippen LogP contribution in [-0.4, -0.2) is 29.8 Å². The predicted molar refractivity (Wildman–Crippen MR) is 234 cm³/mol. The third-order valence-electron chi connectivity index (χ3n) is 9.39. The van der Waals surface area contributed by atoms with E-state index in [4.69, 9.17) is 4.74 Å². The summed E-state index contributed by atoms with van der Waals surface area (Å²) in [6, 6.07) is 46.0. The van der Waals surface area contributed by atoms with Crippen LogP contribution in [0, 0.1) is 5.41 Å². The second-order valence-electron chi connectivity index (χ2n) is 12.9. The van der Waals surface area contributed by atoms with Gasteiger partial charge in [-0.25, -0.2) is 4.79 Å². The lowest BCUT2D eigenvalue weighted by Gasteiger charge is -2.33. The predicted octanol–water partition coefficient (Wildman–Crippen LogP) is 14.2.